The summed E-state index contributed by atoms with van der Waals surface area (Å²) in [7, 11) is 0. The van der Waals surface area contributed by atoms with Crippen LogP contribution in [0.25, 0.3) is 0 Å². The summed E-state index contributed by atoms with van der Waals surface area (Å²) in [6.45, 7) is 2.04. The van der Waals surface area contributed by atoms with Crippen LogP contribution < -0.4 is 0 Å². The minimum Gasteiger partial charge on any atom is -0.465 e. The lowest BCUT2D eigenvalue weighted by atomic mass is 9.80. The largest absolute Gasteiger partial charge is 0.465 e. The van der Waals surface area contributed by atoms with Crippen molar-refractivity contribution < 1.29 is 14.3 Å². The smallest absolute Gasteiger partial charge is 0.320 e. The Labute approximate surface area is 127 Å². The van der Waals surface area contributed by atoms with Gasteiger partial charge in [0.15, 0.2) is 5.78 Å². The third kappa shape index (κ3) is 2.57. The maximum atomic E-state index is 12.7. The molecule has 0 bridgehead atoms. The Morgan fingerprint density at radius 3 is 2.80 bits per heavy atom. The van der Waals surface area contributed by atoms with Crippen LogP contribution in [0.15, 0.2) is 36.4 Å². The maximum absolute atomic E-state index is 12.7. The van der Waals surface area contributed by atoms with Gasteiger partial charge in [0.1, 0.15) is 5.41 Å². The fourth-order valence-electron chi connectivity index (χ4n) is 2.59. The molecular formula is C16H17BrO3. The number of hydrogen-bond acceptors (Lipinski definition) is 3. The van der Waals surface area contributed by atoms with Crippen molar-refractivity contribution in [2.75, 3.05) is 11.9 Å². The number of benzene rings is 1. The van der Waals surface area contributed by atoms with Gasteiger partial charge in [-0.3, -0.25) is 9.59 Å². The highest BCUT2D eigenvalue weighted by atomic mass is 79.9. The van der Waals surface area contributed by atoms with E-state index in [2.05, 4.69) is 15.9 Å². The van der Waals surface area contributed by atoms with Crippen molar-refractivity contribution in [2.45, 2.75) is 19.8 Å². The van der Waals surface area contributed by atoms with E-state index in [4.69, 9.17) is 4.74 Å². The number of hydrogen-bond donors (Lipinski definition) is 0. The van der Waals surface area contributed by atoms with Gasteiger partial charge >= 0.3 is 5.97 Å². The molecule has 0 amide bonds. The molecule has 106 valence electrons. The van der Waals surface area contributed by atoms with Gasteiger partial charge in [-0.25, -0.2) is 0 Å². The molecule has 3 nitrogen and oxygen atoms in total. The quantitative estimate of drug-likeness (QED) is 0.358. The van der Waals surface area contributed by atoms with Crippen molar-refractivity contribution in [3.05, 3.63) is 47.5 Å². The maximum Gasteiger partial charge on any atom is 0.320 e. The van der Waals surface area contributed by atoms with Gasteiger partial charge in [-0.1, -0.05) is 52.3 Å². The van der Waals surface area contributed by atoms with Gasteiger partial charge in [0.05, 0.1) is 6.61 Å². The number of halogens is 1. The number of ether oxygens (including phenoxy) is 1. The summed E-state index contributed by atoms with van der Waals surface area (Å²) in [5.74, 6) is -0.536. The van der Waals surface area contributed by atoms with Crippen molar-refractivity contribution in [2.24, 2.45) is 5.41 Å². The highest BCUT2D eigenvalue weighted by Gasteiger charge is 2.51. The molecule has 1 aliphatic carbocycles. The molecule has 1 aromatic carbocycles. The summed E-state index contributed by atoms with van der Waals surface area (Å²) < 4.78 is 5.16. The van der Waals surface area contributed by atoms with Crippen molar-refractivity contribution in [3.8, 4) is 0 Å². The molecule has 0 unspecified atom stereocenters. The van der Waals surface area contributed by atoms with E-state index < -0.39 is 11.4 Å². The number of alkyl halides is 1. The first-order valence-electron chi connectivity index (χ1n) is 6.66. The molecule has 0 spiro atoms. The van der Waals surface area contributed by atoms with Gasteiger partial charge in [0, 0.05) is 10.9 Å². The second kappa shape index (κ2) is 6.35. The first-order valence-corrected chi connectivity index (χ1v) is 7.78. The average Bonchev–Trinajstić information content (AvgIpc) is 2.74. The van der Waals surface area contributed by atoms with Gasteiger partial charge in [0.25, 0.3) is 0 Å². The summed E-state index contributed by atoms with van der Waals surface area (Å²) in [6, 6.07) is 7.41. The van der Waals surface area contributed by atoms with Gasteiger partial charge < -0.3 is 4.74 Å². The van der Waals surface area contributed by atoms with Crippen LogP contribution in [-0.4, -0.2) is 23.7 Å². The highest BCUT2D eigenvalue weighted by molar-refractivity contribution is 9.09. The summed E-state index contributed by atoms with van der Waals surface area (Å²) in [6.07, 6.45) is 4.57. The number of ketones is 1. The first-order chi connectivity index (χ1) is 9.65. The van der Waals surface area contributed by atoms with Gasteiger partial charge in [-0.05, 0) is 25.3 Å². The molecule has 0 aliphatic heterocycles. The van der Waals surface area contributed by atoms with Crippen LogP contribution in [0.1, 0.15) is 29.3 Å². The molecule has 1 atom stereocenters. The zero-order valence-corrected chi connectivity index (χ0v) is 13.0. The van der Waals surface area contributed by atoms with E-state index in [-0.39, 0.29) is 12.4 Å². The number of esters is 1. The molecule has 2 rings (SSSR count). The van der Waals surface area contributed by atoms with E-state index in [1.54, 1.807) is 13.0 Å². The Balaban J connectivity index is 2.37. The molecule has 0 saturated carbocycles. The SMILES string of the molecule is CCOC(=O)[C@]1(CC=CCBr)Cc2ccccc2C1=O. The van der Waals surface area contributed by atoms with E-state index in [1.165, 1.54) is 0 Å². The molecule has 4 heteroatoms. The highest BCUT2D eigenvalue weighted by Crippen LogP contribution is 2.41. The Hall–Kier alpha value is -1.42. The van der Waals surface area contributed by atoms with Crippen LogP contribution in [0.2, 0.25) is 0 Å². The normalized spacial score (nSPS) is 21.2. The standard InChI is InChI=1S/C16H17BrO3/c1-2-20-15(19)16(9-5-6-10-17)11-12-7-3-4-8-13(12)14(16)18/h3-8H,2,9-11H2,1H3/t16-/m1/s1. The van der Waals surface area contributed by atoms with Gasteiger partial charge in [-0.2, -0.15) is 0 Å². The van der Waals surface area contributed by atoms with Crippen molar-refractivity contribution >= 4 is 27.7 Å². The Kier molecular flexibility index (Phi) is 4.76. The number of Topliss-reactive ketones (excluding diaryl/α,β-unsaturated/α-hetero) is 1. The van der Waals surface area contributed by atoms with Gasteiger partial charge in [0.2, 0.25) is 0 Å². The van der Waals surface area contributed by atoms with Crippen LogP contribution in [0.5, 0.6) is 0 Å². The number of allylic oxidation sites excluding steroid dienone is 2. The molecule has 0 aromatic heterocycles. The van der Waals surface area contributed by atoms with Crippen molar-refractivity contribution in [1.82, 2.24) is 0 Å². The van der Waals surface area contributed by atoms with E-state index in [0.717, 1.165) is 5.56 Å². The Morgan fingerprint density at radius 1 is 1.40 bits per heavy atom. The van der Waals surface area contributed by atoms with Crippen LogP contribution >= 0.6 is 15.9 Å². The van der Waals surface area contributed by atoms with Crippen LogP contribution in [-0.2, 0) is 16.0 Å². The number of carbonyl (C=O) groups excluding carboxylic acids is 2. The average molecular weight is 337 g/mol. The predicted molar refractivity (Wildman–Crippen MR) is 81.1 cm³/mol. The van der Waals surface area contributed by atoms with Crippen LogP contribution in [0, 0.1) is 5.41 Å². The van der Waals surface area contributed by atoms with E-state index in [0.29, 0.717) is 23.7 Å². The minimum absolute atomic E-state index is 0.120. The lowest BCUT2D eigenvalue weighted by molar-refractivity contribution is -0.151. The third-order valence-corrected chi connectivity index (χ3v) is 3.95. The molecule has 0 radical (unpaired) electrons. The summed E-state index contributed by atoms with van der Waals surface area (Å²) in [4.78, 5) is 25.0. The Morgan fingerprint density at radius 2 is 2.15 bits per heavy atom. The second-order valence-electron chi connectivity index (χ2n) is 4.80. The lowest BCUT2D eigenvalue weighted by Gasteiger charge is -2.23. The van der Waals surface area contributed by atoms with Crippen molar-refractivity contribution in [3.63, 3.8) is 0 Å². The lowest BCUT2D eigenvalue weighted by Crippen LogP contribution is -2.38. The number of fused-ring (bicyclic) bond motifs is 1. The molecule has 0 fully saturated rings. The minimum atomic E-state index is -1.08. The number of rotatable bonds is 5. The van der Waals surface area contributed by atoms with Crippen molar-refractivity contribution in [1.29, 1.82) is 0 Å². The van der Waals surface area contributed by atoms with E-state index in [1.807, 2.05) is 30.4 Å². The molecule has 0 saturated heterocycles. The Bertz CT molecular complexity index is 550. The third-order valence-electron chi connectivity index (χ3n) is 3.58. The zero-order valence-electron chi connectivity index (χ0n) is 11.4. The van der Waals surface area contributed by atoms with Gasteiger partial charge in [-0.15, -0.1) is 0 Å². The molecular weight excluding hydrogens is 320 g/mol. The zero-order chi connectivity index (χ0) is 14.6. The molecule has 0 N–H and O–H groups in total. The van der Waals surface area contributed by atoms with Crippen LogP contribution in [0.4, 0.5) is 0 Å². The monoisotopic (exact) mass is 336 g/mol. The summed E-state index contributed by atoms with van der Waals surface area (Å²) >= 11 is 3.30. The predicted octanol–water partition coefficient (Wildman–Crippen LogP) is 3.32. The first kappa shape index (κ1) is 15.0. The molecule has 1 aromatic rings. The molecule has 20 heavy (non-hydrogen) atoms. The van der Waals surface area contributed by atoms with E-state index in [9.17, 15) is 9.59 Å². The fraction of sp³-hybridized carbons (Fsp3) is 0.375. The molecule has 1 aliphatic rings. The summed E-state index contributed by atoms with van der Waals surface area (Å²) in [5, 5.41) is 0.701. The molecule has 0 heterocycles. The fourth-order valence-corrected chi connectivity index (χ4v) is 2.85. The number of carbonyl (C=O) groups is 2. The van der Waals surface area contributed by atoms with E-state index >= 15 is 0 Å². The van der Waals surface area contributed by atoms with Crippen LogP contribution in [0.3, 0.4) is 0 Å². The second-order valence-corrected chi connectivity index (χ2v) is 5.44. The topological polar surface area (TPSA) is 43.4 Å². The summed E-state index contributed by atoms with van der Waals surface area (Å²) in [5.41, 5.74) is 0.490.